The van der Waals surface area contributed by atoms with Crippen molar-refractivity contribution in [3.63, 3.8) is 0 Å². The Morgan fingerprint density at radius 2 is 2.00 bits per heavy atom. The first kappa shape index (κ1) is 18.0. The lowest BCUT2D eigenvalue weighted by atomic mass is 9.92. The summed E-state index contributed by atoms with van der Waals surface area (Å²) >= 11 is 0. The smallest absolute Gasteiger partial charge is 0.235 e. The number of anilines is 2. The number of carbonyl (C=O) groups is 1. The van der Waals surface area contributed by atoms with Crippen LogP contribution in [0.1, 0.15) is 39.0 Å². The van der Waals surface area contributed by atoms with Crippen molar-refractivity contribution in [2.75, 3.05) is 29.0 Å². The van der Waals surface area contributed by atoms with Crippen LogP contribution >= 0.6 is 0 Å². The molecule has 0 radical (unpaired) electrons. The Morgan fingerprint density at radius 1 is 1.28 bits per heavy atom. The van der Waals surface area contributed by atoms with Gasteiger partial charge >= 0.3 is 0 Å². The van der Waals surface area contributed by atoms with Gasteiger partial charge < -0.3 is 10.1 Å². The summed E-state index contributed by atoms with van der Waals surface area (Å²) in [6.07, 6.45) is 5.25. The minimum absolute atomic E-state index is 0.00972. The molecule has 6 nitrogen and oxygen atoms in total. The number of carbonyl (C=O) groups excluding carboxylic acids is 1. The average molecular weight is 366 g/mol. The van der Waals surface area contributed by atoms with Crippen molar-refractivity contribution in [3.05, 3.63) is 18.2 Å². The van der Waals surface area contributed by atoms with E-state index in [0.29, 0.717) is 36.0 Å². The maximum atomic E-state index is 12.5. The topological polar surface area (TPSA) is 75.7 Å². The quantitative estimate of drug-likeness (QED) is 0.869. The number of benzene rings is 1. The fraction of sp³-hybridized carbons (Fsp3) is 0.611. The number of nitrogens with one attached hydrogen (secondary N) is 1. The van der Waals surface area contributed by atoms with Gasteiger partial charge in [-0.05, 0) is 37.3 Å². The molecule has 1 aliphatic carbocycles. The van der Waals surface area contributed by atoms with Crippen molar-refractivity contribution in [1.29, 1.82) is 0 Å². The fourth-order valence-corrected chi connectivity index (χ4v) is 5.37. The van der Waals surface area contributed by atoms with Gasteiger partial charge in [-0.2, -0.15) is 0 Å². The molecule has 1 aromatic rings. The van der Waals surface area contributed by atoms with Crippen LogP contribution in [0.15, 0.2) is 18.2 Å². The van der Waals surface area contributed by atoms with Gasteiger partial charge in [0.05, 0.1) is 18.6 Å². The molecule has 7 heteroatoms. The van der Waals surface area contributed by atoms with Crippen molar-refractivity contribution >= 4 is 27.3 Å². The zero-order valence-corrected chi connectivity index (χ0v) is 15.6. The standard InChI is InChI=1S/C18H26N2O4S/c1-13(14-6-3-4-7-14)18(21)19-15-8-9-16(17(12-15)24-2)20-10-5-11-25(20,22)23/h8-9,12-14H,3-7,10-11H2,1-2H3,(H,19,21). The summed E-state index contributed by atoms with van der Waals surface area (Å²) in [6.45, 7) is 2.44. The molecule has 1 saturated heterocycles. The van der Waals surface area contributed by atoms with Gasteiger partial charge in [0.2, 0.25) is 15.9 Å². The van der Waals surface area contributed by atoms with Crippen LogP contribution in [0, 0.1) is 11.8 Å². The molecule has 0 aromatic heterocycles. The Bertz CT molecular complexity index is 741. The minimum Gasteiger partial charge on any atom is -0.494 e. The number of hydrogen-bond acceptors (Lipinski definition) is 4. The molecule has 1 aromatic carbocycles. The third-order valence-corrected chi connectivity index (χ3v) is 7.19. The zero-order valence-electron chi connectivity index (χ0n) is 14.8. The predicted octanol–water partition coefficient (Wildman–Crippen LogP) is 3.00. The van der Waals surface area contributed by atoms with E-state index in [9.17, 15) is 13.2 Å². The highest BCUT2D eigenvalue weighted by atomic mass is 32.2. The van der Waals surface area contributed by atoms with E-state index in [4.69, 9.17) is 4.74 Å². The molecular weight excluding hydrogens is 340 g/mol. The maximum Gasteiger partial charge on any atom is 0.235 e. The summed E-state index contributed by atoms with van der Waals surface area (Å²) < 4.78 is 31.0. The SMILES string of the molecule is COc1cc(NC(=O)C(C)C2CCCC2)ccc1N1CCCS1(=O)=O. The monoisotopic (exact) mass is 366 g/mol. The summed E-state index contributed by atoms with van der Waals surface area (Å²) in [4.78, 5) is 12.5. The summed E-state index contributed by atoms with van der Waals surface area (Å²) in [7, 11) is -1.76. The Hall–Kier alpha value is -1.76. The van der Waals surface area contributed by atoms with Gasteiger partial charge in [0, 0.05) is 24.2 Å². The van der Waals surface area contributed by atoms with Gasteiger partial charge in [-0.3, -0.25) is 9.10 Å². The van der Waals surface area contributed by atoms with E-state index >= 15 is 0 Å². The van der Waals surface area contributed by atoms with E-state index in [1.807, 2.05) is 6.92 Å². The summed E-state index contributed by atoms with van der Waals surface area (Å²) in [5, 5.41) is 2.94. The minimum atomic E-state index is -3.27. The van der Waals surface area contributed by atoms with Crippen molar-refractivity contribution in [2.24, 2.45) is 11.8 Å². The average Bonchev–Trinajstić information content (AvgIpc) is 3.23. The Balaban J connectivity index is 1.76. The van der Waals surface area contributed by atoms with Crippen LogP contribution in [0.2, 0.25) is 0 Å². The lowest BCUT2D eigenvalue weighted by Gasteiger charge is -2.21. The second-order valence-electron chi connectivity index (χ2n) is 6.95. The molecular formula is C18H26N2O4S. The number of rotatable bonds is 5. The second-order valence-corrected chi connectivity index (χ2v) is 8.96. The maximum absolute atomic E-state index is 12.5. The molecule has 0 bridgehead atoms. The van der Waals surface area contributed by atoms with Crippen LogP contribution in [0.5, 0.6) is 5.75 Å². The third kappa shape index (κ3) is 3.76. The molecule has 1 aliphatic heterocycles. The molecule has 1 amide bonds. The van der Waals surface area contributed by atoms with E-state index in [1.165, 1.54) is 24.3 Å². The highest BCUT2D eigenvalue weighted by Crippen LogP contribution is 2.36. The van der Waals surface area contributed by atoms with Gasteiger partial charge in [0.25, 0.3) is 0 Å². The highest BCUT2D eigenvalue weighted by Gasteiger charge is 2.31. The molecule has 1 saturated carbocycles. The van der Waals surface area contributed by atoms with Gasteiger partial charge in [0.1, 0.15) is 5.75 Å². The lowest BCUT2D eigenvalue weighted by molar-refractivity contribution is -0.120. The number of amides is 1. The Kier molecular flexibility index (Phi) is 5.22. The number of methoxy groups -OCH3 is 1. The van der Waals surface area contributed by atoms with Gasteiger partial charge in [-0.25, -0.2) is 8.42 Å². The molecule has 2 fully saturated rings. The summed E-state index contributed by atoms with van der Waals surface area (Å²) in [6, 6.07) is 5.14. The first-order valence-corrected chi connectivity index (χ1v) is 10.5. The number of nitrogens with zero attached hydrogens (tertiary/aromatic N) is 1. The van der Waals surface area contributed by atoms with Crippen LogP contribution in [-0.4, -0.2) is 33.7 Å². The first-order valence-electron chi connectivity index (χ1n) is 8.91. The van der Waals surface area contributed by atoms with Crippen LogP contribution in [0.3, 0.4) is 0 Å². The van der Waals surface area contributed by atoms with Crippen molar-refractivity contribution in [3.8, 4) is 5.75 Å². The van der Waals surface area contributed by atoms with Crippen molar-refractivity contribution in [1.82, 2.24) is 0 Å². The highest BCUT2D eigenvalue weighted by molar-refractivity contribution is 7.93. The third-order valence-electron chi connectivity index (χ3n) is 5.34. The molecule has 0 spiro atoms. The van der Waals surface area contributed by atoms with E-state index < -0.39 is 10.0 Å². The molecule has 25 heavy (non-hydrogen) atoms. The zero-order chi connectivity index (χ0) is 18.0. The summed E-state index contributed by atoms with van der Waals surface area (Å²) in [5.41, 5.74) is 1.16. The number of hydrogen-bond donors (Lipinski definition) is 1. The van der Waals surface area contributed by atoms with Crippen LogP contribution < -0.4 is 14.4 Å². The van der Waals surface area contributed by atoms with Crippen LogP contribution in [0.4, 0.5) is 11.4 Å². The molecule has 1 heterocycles. The van der Waals surface area contributed by atoms with E-state index in [2.05, 4.69) is 5.32 Å². The van der Waals surface area contributed by atoms with Crippen LogP contribution in [0.25, 0.3) is 0 Å². The van der Waals surface area contributed by atoms with E-state index in [1.54, 1.807) is 18.2 Å². The lowest BCUT2D eigenvalue weighted by Crippen LogP contribution is -2.26. The van der Waals surface area contributed by atoms with E-state index in [0.717, 1.165) is 12.8 Å². The number of ether oxygens (including phenoxy) is 1. The Morgan fingerprint density at radius 3 is 2.60 bits per heavy atom. The van der Waals surface area contributed by atoms with Crippen molar-refractivity contribution in [2.45, 2.75) is 39.0 Å². The molecule has 3 rings (SSSR count). The second kappa shape index (κ2) is 7.23. The van der Waals surface area contributed by atoms with Gasteiger partial charge in [-0.1, -0.05) is 19.8 Å². The molecule has 2 aliphatic rings. The van der Waals surface area contributed by atoms with Gasteiger partial charge in [0.15, 0.2) is 0 Å². The molecule has 1 atom stereocenters. The van der Waals surface area contributed by atoms with Crippen molar-refractivity contribution < 1.29 is 17.9 Å². The van der Waals surface area contributed by atoms with Gasteiger partial charge in [-0.15, -0.1) is 0 Å². The predicted molar refractivity (Wildman–Crippen MR) is 98.5 cm³/mol. The van der Waals surface area contributed by atoms with Crippen LogP contribution in [-0.2, 0) is 14.8 Å². The molecule has 1 N–H and O–H groups in total. The Labute approximate surface area is 149 Å². The molecule has 138 valence electrons. The fourth-order valence-electron chi connectivity index (χ4n) is 3.80. The first-order chi connectivity index (χ1) is 11.9. The normalized spacial score (nSPS) is 21.3. The molecule has 1 unspecified atom stereocenters. The van der Waals surface area contributed by atoms with E-state index in [-0.39, 0.29) is 17.6 Å². The largest absolute Gasteiger partial charge is 0.494 e. The summed E-state index contributed by atoms with van der Waals surface area (Å²) in [5.74, 6) is 1.06. The number of sulfonamides is 1.